The van der Waals surface area contributed by atoms with E-state index in [0.29, 0.717) is 0 Å². The molecule has 1 aliphatic rings. The topological polar surface area (TPSA) is 0 Å². The average Bonchev–Trinajstić information content (AvgIpc) is 3.57. The minimum Gasteiger partial charge on any atom is -0.143 e. The predicted molar refractivity (Wildman–Crippen MR) is 183 cm³/mol. The molecule has 2 aromatic carbocycles. The van der Waals surface area contributed by atoms with Gasteiger partial charge in [0.15, 0.2) is 0 Å². The van der Waals surface area contributed by atoms with Gasteiger partial charge in [-0.1, -0.05) is 133 Å². The highest BCUT2D eigenvalue weighted by atomic mass is 32.1. The second kappa shape index (κ2) is 12.5. The molecule has 0 saturated carbocycles. The number of aryl methyl sites for hydroxylation is 1. The van der Waals surface area contributed by atoms with E-state index in [-0.39, 0.29) is 5.41 Å². The van der Waals surface area contributed by atoms with Gasteiger partial charge in [0, 0.05) is 14.6 Å². The van der Waals surface area contributed by atoms with E-state index in [9.17, 15) is 0 Å². The first-order valence-corrected chi connectivity index (χ1v) is 20.9. The number of thiophene rings is 2. The summed E-state index contributed by atoms with van der Waals surface area (Å²) in [6.45, 7) is 14.7. The van der Waals surface area contributed by atoms with Gasteiger partial charge in [0.05, 0.1) is 13.5 Å². The van der Waals surface area contributed by atoms with Crippen molar-refractivity contribution in [1.29, 1.82) is 0 Å². The minimum atomic E-state index is -1.54. The summed E-state index contributed by atoms with van der Waals surface area (Å²) >= 11 is 4.27. The van der Waals surface area contributed by atoms with Crippen LogP contribution in [0.3, 0.4) is 0 Å². The van der Waals surface area contributed by atoms with Crippen molar-refractivity contribution >= 4 is 35.2 Å². The Kier molecular flexibility index (Phi) is 9.24. The van der Waals surface area contributed by atoms with Gasteiger partial charge >= 0.3 is 0 Å². The van der Waals surface area contributed by atoms with Gasteiger partial charge in [-0.25, -0.2) is 0 Å². The van der Waals surface area contributed by atoms with Gasteiger partial charge in [-0.05, 0) is 70.5 Å². The van der Waals surface area contributed by atoms with E-state index in [1.54, 1.807) is 36.5 Å². The van der Waals surface area contributed by atoms with Crippen molar-refractivity contribution in [3.8, 4) is 9.75 Å². The molecule has 1 aliphatic carbocycles. The zero-order valence-corrected chi connectivity index (χ0v) is 28.3. The molecular weight excluding hydrogens is 537 g/mol. The molecule has 40 heavy (non-hydrogen) atoms. The van der Waals surface area contributed by atoms with Crippen molar-refractivity contribution in [2.24, 2.45) is 0 Å². The molecule has 3 heteroatoms. The van der Waals surface area contributed by atoms with E-state index in [1.165, 1.54) is 80.2 Å². The lowest BCUT2D eigenvalue weighted by molar-refractivity contribution is 0.651. The number of benzene rings is 2. The smallest absolute Gasteiger partial charge is 0.0908 e. The molecule has 0 fully saturated rings. The molecule has 0 radical (unpaired) electrons. The van der Waals surface area contributed by atoms with E-state index in [2.05, 4.69) is 124 Å². The molecule has 0 spiro atoms. The van der Waals surface area contributed by atoms with Crippen molar-refractivity contribution < 1.29 is 0 Å². The van der Waals surface area contributed by atoms with Crippen LogP contribution in [0.25, 0.3) is 9.75 Å². The molecule has 5 rings (SSSR count). The van der Waals surface area contributed by atoms with Crippen molar-refractivity contribution in [3.63, 3.8) is 0 Å². The quantitative estimate of drug-likeness (QED) is 0.0953. The maximum Gasteiger partial charge on any atom is 0.0908 e. The molecule has 212 valence electrons. The maximum absolute atomic E-state index is 2.57. The van der Waals surface area contributed by atoms with Crippen LogP contribution < -0.4 is 4.50 Å². The van der Waals surface area contributed by atoms with Gasteiger partial charge in [-0.15, -0.1) is 22.7 Å². The van der Waals surface area contributed by atoms with Gasteiger partial charge in [0.1, 0.15) is 0 Å². The highest BCUT2D eigenvalue weighted by Gasteiger charge is 2.52. The first-order chi connectivity index (χ1) is 19.4. The summed E-state index contributed by atoms with van der Waals surface area (Å²) in [5.74, 6) is 0. The van der Waals surface area contributed by atoms with Gasteiger partial charge in [0.2, 0.25) is 0 Å². The second-order valence-electron chi connectivity index (χ2n) is 12.8. The van der Waals surface area contributed by atoms with Crippen LogP contribution in [0.5, 0.6) is 0 Å². The van der Waals surface area contributed by atoms with Crippen LogP contribution in [-0.2, 0) is 18.3 Å². The minimum absolute atomic E-state index is 0.230. The lowest BCUT2D eigenvalue weighted by Crippen LogP contribution is -2.39. The zero-order valence-electron chi connectivity index (χ0n) is 25.7. The third-order valence-corrected chi connectivity index (χ3v) is 15.0. The highest BCUT2D eigenvalue weighted by Crippen LogP contribution is 2.63. The molecule has 0 bridgehead atoms. The van der Waals surface area contributed by atoms with Crippen LogP contribution >= 0.6 is 22.7 Å². The van der Waals surface area contributed by atoms with Crippen LogP contribution in [-0.4, -0.2) is 8.07 Å². The molecule has 0 aliphatic heterocycles. The Morgan fingerprint density at radius 1 is 0.600 bits per heavy atom. The number of fused-ring (bicyclic) bond motifs is 3. The lowest BCUT2D eigenvalue weighted by atomic mass is 9.66. The lowest BCUT2D eigenvalue weighted by Gasteiger charge is -2.36. The van der Waals surface area contributed by atoms with Crippen LogP contribution in [0.4, 0.5) is 0 Å². The first kappa shape index (κ1) is 29.5. The summed E-state index contributed by atoms with van der Waals surface area (Å²) < 4.78 is 1.74. The van der Waals surface area contributed by atoms with Crippen LogP contribution in [0.1, 0.15) is 103 Å². The normalized spacial score (nSPS) is 13.9. The van der Waals surface area contributed by atoms with E-state index in [0.717, 1.165) is 0 Å². The summed E-state index contributed by atoms with van der Waals surface area (Å²) in [5, 5.41) is 0. The molecule has 0 unspecified atom stereocenters. The number of unbranched alkanes of at least 4 members (excludes halogenated alkanes) is 6. The fraction of sp³-hybridized carbons (Fsp3) is 0.459. The number of hydrogen-bond acceptors (Lipinski definition) is 2. The van der Waals surface area contributed by atoms with Crippen LogP contribution in [0, 0.1) is 6.92 Å². The first-order valence-electron chi connectivity index (χ1n) is 15.8. The second-order valence-corrected chi connectivity index (χ2v) is 20.4. The van der Waals surface area contributed by atoms with E-state index in [4.69, 9.17) is 0 Å². The number of hydrogen-bond donors (Lipinski definition) is 0. The molecule has 2 heterocycles. The predicted octanol–water partition coefficient (Wildman–Crippen LogP) is 11.3. The summed E-state index contributed by atoms with van der Waals surface area (Å²) in [4.78, 5) is 4.71. The fourth-order valence-corrected chi connectivity index (χ4v) is 12.3. The van der Waals surface area contributed by atoms with E-state index >= 15 is 0 Å². The summed E-state index contributed by atoms with van der Waals surface area (Å²) in [6, 6.07) is 23.1. The van der Waals surface area contributed by atoms with Gasteiger partial charge < -0.3 is 0 Å². The Labute approximate surface area is 252 Å². The van der Waals surface area contributed by atoms with Crippen molar-refractivity contribution in [3.05, 3.63) is 98.9 Å². The molecule has 0 saturated heterocycles. The van der Waals surface area contributed by atoms with Gasteiger partial charge in [-0.2, -0.15) is 0 Å². The summed E-state index contributed by atoms with van der Waals surface area (Å²) in [6.07, 6.45) is 12.9. The average molecular weight is 585 g/mol. The maximum atomic E-state index is 2.57. The Morgan fingerprint density at radius 2 is 1.07 bits per heavy atom. The standard InChI is InChI=1S/C37H48S2Si/c1-7-9-11-19-25-30-27(3)38-34-32(30)37(28-21-15-13-16-22-28,29-23-17-14-18-24-29)33-31(26-20-12-10-8-2)36(39-35(33)34)40(4,5)6/h13-18,21-24H,7-12,19-20,25-26H2,1-6H3. The molecule has 0 amide bonds. The Hall–Kier alpha value is -1.94. The SMILES string of the molecule is CCCCCCc1c(C)sc2c1C(c1ccccc1)(c1ccccc1)c1c-2sc([Si](C)(C)C)c1CCCCCC. The number of rotatable bonds is 13. The Balaban J connectivity index is 1.84. The fourth-order valence-electron chi connectivity index (χ4n) is 7.00. The van der Waals surface area contributed by atoms with Crippen LogP contribution in [0.2, 0.25) is 19.6 Å². The third kappa shape index (κ3) is 5.23. The van der Waals surface area contributed by atoms with Gasteiger partial charge in [0.25, 0.3) is 0 Å². The summed E-state index contributed by atoms with van der Waals surface area (Å²) in [5.41, 5.74) is 9.29. The Morgan fingerprint density at radius 3 is 1.57 bits per heavy atom. The highest BCUT2D eigenvalue weighted by molar-refractivity contribution is 7.31. The van der Waals surface area contributed by atoms with Gasteiger partial charge in [-0.3, -0.25) is 0 Å². The Bertz CT molecular complexity index is 1360. The molecule has 0 N–H and O–H groups in total. The largest absolute Gasteiger partial charge is 0.143 e. The summed E-state index contributed by atoms with van der Waals surface area (Å²) in [7, 11) is -1.54. The molecule has 0 nitrogen and oxygen atoms in total. The molecule has 2 aromatic heterocycles. The monoisotopic (exact) mass is 584 g/mol. The van der Waals surface area contributed by atoms with Crippen molar-refractivity contribution in [1.82, 2.24) is 0 Å². The molecule has 0 atom stereocenters. The third-order valence-electron chi connectivity index (χ3n) is 8.83. The van der Waals surface area contributed by atoms with Crippen molar-refractivity contribution in [2.75, 3.05) is 0 Å². The van der Waals surface area contributed by atoms with E-state index in [1.807, 2.05) is 0 Å². The molecule has 4 aromatic rings. The zero-order chi connectivity index (χ0) is 28.3. The molecular formula is C37H48S2Si. The van der Waals surface area contributed by atoms with E-state index < -0.39 is 8.07 Å². The van der Waals surface area contributed by atoms with Crippen LogP contribution in [0.15, 0.2) is 60.7 Å². The van der Waals surface area contributed by atoms with Crippen molar-refractivity contribution in [2.45, 2.75) is 110 Å².